The number of nitrogens with zero attached hydrogens (tertiary/aromatic N) is 6. The molecule has 4 aromatic rings. The number of pyridine rings is 1. The van der Waals surface area contributed by atoms with Crippen LogP contribution in [-0.2, 0) is 29.8 Å². The predicted molar refractivity (Wildman–Crippen MR) is 153 cm³/mol. The van der Waals surface area contributed by atoms with Crippen LogP contribution in [0.25, 0.3) is 10.5 Å². The van der Waals surface area contributed by atoms with Gasteiger partial charge in [0, 0.05) is 30.2 Å². The lowest BCUT2D eigenvalue weighted by Gasteiger charge is -2.44. The first-order chi connectivity index (χ1) is 20.2. The maximum atomic E-state index is 14.3. The summed E-state index contributed by atoms with van der Waals surface area (Å²) in [5, 5.41) is 18.4. The van der Waals surface area contributed by atoms with E-state index in [9.17, 15) is 14.3 Å². The number of fused-ring (bicyclic) bond motifs is 1. The lowest BCUT2D eigenvalue weighted by molar-refractivity contribution is -0.0592. The van der Waals surface area contributed by atoms with Crippen molar-refractivity contribution in [2.75, 3.05) is 19.7 Å². The number of nitriles is 1. The molecule has 0 aliphatic carbocycles. The first-order valence-electron chi connectivity index (χ1n) is 14.0. The van der Waals surface area contributed by atoms with E-state index in [2.05, 4.69) is 28.3 Å². The number of aromatic nitrogens is 4. The number of rotatable bonds is 9. The van der Waals surface area contributed by atoms with E-state index in [1.54, 1.807) is 18.2 Å². The standard InChI is InChI=1S/C30H31FN6O4S/c1-18-14-36(16-24-34-26-28(42-27(35-26)29(38)39)37(24)15-21-8-11-40-21)10-9-30(18,2)23-4-3-5-25(33-23)41-17-20-7-6-19(13-32)12-22(20)31/h3-7,12,18,21H,8-11,14-17H2,1-2H3,(H,38,39)/t18-,21+,30-/m1/s1. The number of carbonyl (C=O) groups is 1. The Hall–Kier alpha value is -3.92. The summed E-state index contributed by atoms with van der Waals surface area (Å²) in [6, 6.07) is 12.0. The van der Waals surface area contributed by atoms with Crippen molar-refractivity contribution >= 4 is 27.8 Å². The molecule has 0 unspecified atom stereocenters. The van der Waals surface area contributed by atoms with Gasteiger partial charge >= 0.3 is 5.97 Å². The molecule has 1 N–H and O–H groups in total. The number of likely N-dealkylation sites (tertiary alicyclic amines) is 1. The molecule has 218 valence electrons. The van der Waals surface area contributed by atoms with Crippen LogP contribution in [0.5, 0.6) is 5.88 Å². The number of piperidine rings is 1. The first kappa shape index (κ1) is 28.2. The number of hydrogen-bond donors (Lipinski definition) is 1. The average Bonchev–Trinajstić information content (AvgIpc) is 3.50. The van der Waals surface area contributed by atoms with Crippen molar-refractivity contribution < 1.29 is 23.8 Å². The summed E-state index contributed by atoms with van der Waals surface area (Å²) in [6.45, 7) is 8.14. The largest absolute Gasteiger partial charge is 0.476 e. The summed E-state index contributed by atoms with van der Waals surface area (Å²) in [6.07, 6.45) is 1.95. The molecular weight excluding hydrogens is 559 g/mol. The van der Waals surface area contributed by atoms with E-state index in [1.165, 1.54) is 6.07 Å². The van der Waals surface area contributed by atoms with E-state index >= 15 is 0 Å². The van der Waals surface area contributed by atoms with Crippen molar-refractivity contribution in [2.24, 2.45) is 5.92 Å². The highest BCUT2D eigenvalue weighted by atomic mass is 32.1. The second kappa shape index (κ2) is 11.4. The normalized spacial score (nSPS) is 22.5. The Morgan fingerprint density at radius 1 is 1.31 bits per heavy atom. The van der Waals surface area contributed by atoms with Gasteiger partial charge in [-0.3, -0.25) is 4.90 Å². The Morgan fingerprint density at radius 3 is 2.83 bits per heavy atom. The van der Waals surface area contributed by atoms with Gasteiger partial charge in [-0.1, -0.05) is 37.3 Å². The molecule has 5 heterocycles. The van der Waals surface area contributed by atoms with Gasteiger partial charge in [-0.2, -0.15) is 5.26 Å². The SMILES string of the molecule is C[C@@H]1CN(Cc2nc3nc(C(=O)O)sc3n2C[C@@H]2CCO2)CC[C@@]1(C)c1cccc(OCc2ccc(C#N)cc2F)n1. The molecule has 0 amide bonds. The highest BCUT2D eigenvalue weighted by Gasteiger charge is 2.40. The molecule has 6 rings (SSSR count). The van der Waals surface area contributed by atoms with E-state index in [0.717, 1.165) is 60.2 Å². The minimum absolute atomic E-state index is 0.0207. The molecule has 0 saturated carbocycles. The predicted octanol–water partition coefficient (Wildman–Crippen LogP) is 4.76. The third-order valence-corrected chi connectivity index (χ3v) is 9.60. The van der Waals surface area contributed by atoms with Gasteiger partial charge in [0.15, 0.2) is 5.65 Å². The molecule has 2 fully saturated rings. The fourth-order valence-corrected chi connectivity index (χ4v) is 6.50. The fourth-order valence-electron chi connectivity index (χ4n) is 5.62. The molecule has 2 aliphatic rings. The summed E-state index contributed by atoms with van der Waals surface area (Å²) in [4.78, 5) is 28.4. The number of carboxylic acids is 1. The third kappa shape index (κ3) is 5.47. The zero-order valence-electron chi connectivity index (χ0n) is 23.4. The molecular formula is C30H31FN6O4S. The number of carboxylic acid groups (broad SMARTS) is 1. The van der Waals surface area contributed by atoms with Gasteiger partial charge in [-0.15, -0.1) is 0 Å². The molecule has 1 aromatic carbocycles. The molecule has 0 radical (unpaired) electrons. The number of halogens is 1. The van der Waals surface area contributed by atoms with Gasteiger partial charge in [0.1, 0.15) is 23.1 Å². The van der Waals surface area contributed by atoms with Crippen LogP contribution in [0, 0.1) is 23.1 Å². The number of imidazole rings is 1. The van der Waals surface area contributed by atoms with E-state index in [1.807, 2.05) is 18.2 Å². The quantitative estimate of drug-likeness (QED) is 0.293. The summed E-state index contributed by atoms with van der Waals surface area (Å²) in [5.74, 6) is 0.0500. The number of hydrogen-bond acceptors (Lipinski definition) is 9. The number of benzene rings is 1. The van der Waals surface area contributed by atoms with Crippen molar-refractivity contribution in [2.45, 2.75) is 57.9 Å². The summed E-state index contributed by atoms with van der Waals surface area (Å²) >= 11 is 1.16. The molecule has 0 bridgehead atoms. The zero-order valence-corrected chi connectivity index (χ0v) is 24.2. The summed E-state index contributed by atoms with van der Waals surface area (Å²) < 4.78 is 27.9. The molecule has 2 aliphatic heterocycles. The van der Waals surface area contributed by atoms with Crippen LogP contribution in [0.3, 0.4) is 0 Å². The highest BCUT2D eigenvalue weighted by Crippen LogP contribution is 2.39. The van der Waals surface area contributed by atoms with Gasteiger partial charge in [-0.25, -0.2) is 24.1 Å². The minimum atomic E-state index is -1.04. The highest BCUT2D eigenvalue weighted by molar-refractivity contribution is 7.19. The molecule has 3 atom stereocenters. The van der Waals surface area contributed by atoms with Gasteiger partial charge in [-0.05, 0) is 43.5 Å². The number of ether oxygens (including phenoxy) is 2. The topological polar surface area (TPSA) is 126 Å². The van der Waals surface area contributed by atoms with Gasteiger partial charge in [0.05, 0.1) is 36.5 Å². The van der Waals surface area contributed by atoms with Crippen molar-refractivity contribution in [1.82, 2.24) is 24.4 Å². The summed E-state index contributed by atoms with van der Waals surface area (Å²) in [5.41, 5.74) is 1.85. The maximum absolute atomic E-state index is 14.3. The van der Waals surface area contributed by atoms with E-state index < -0.39 is 11.8 Å². The maximum Gasteiger partial charge on any atom is 0.365 e. The van der Waals surface area contributed by atoms with Crippen LogP contribution < -0.4 is 4.74 Å². The van der Waals surface area contributed by atoms with E-state index in [4.69, 9.17) is 24.7 Å². The second-order valence-electron chi connectivity index (χ2n) is 11.2. The fraction of sp³-hybridized carbons (Fsp3) is 0.433. The Bertz CT molecular complexity index is 1680. The van der Waals surface area contributed by atoms with Gasteiger partial charge in [0.2, 0.25) is 10.9 Å². The molecule has 42 heavy (non-hydrogen) atoms. The third-order valence-electron chi connectivity index (χ3n) is 8.54. The van der Waals surface area contributed by atoms with Crippen LogP contribution in [-0.4, -0.2) is 61.3 Å². The number of aromatic carboxylic acids is 1. The molecule has 2 saturated heterocycles. The van der Waals surface area contributed by atoms with Crippen molar-refractivity contribution in [3.05, 3.63) is 69.9 Å². The molecule has 0 spiro atoms. The monoisotopic (exact) mass is 590 g/mol. The van der Waals surface area contributed by atoms with Gasteiger partial charge in [0.25, 0.3) is 0 Å². The summed E-state index contributed by atoms with van der Waals surface area (Å²) in [7, 11) is 0. The Labute approximate surface area is 246 Å². The second-order valence-corrected chi connectivity index (χ2v) is 12.2. The van der Waals surface area contributed by atoms with Crippen LogP contribution in [0.4, 0.5) is 4.39 Å². The molecule has 3 aromatic heterocycles. The Balaban J connectivity index is 1.14. The lowest BCUT2D eigenvalue weighted by atomic mass is 9.70. The van der Waals surface area contributed by atoms with E-state index in [-0.39, 0.29) is 34.6 Å². The van der Waals surface area contributed by atoms with Gasteiger partial charge < -0.3 is 19.1 Å². The van der Waals surface area contributed by atoms with Crippen LogP contribution in [0.15, 0.2) is 36.4 Å². The molecule has 12 heteroatoms. The average molecular weight is 591 g/mol. The van der Waals surface area contributed by atoms with Crippen LogP contribution in [0.2, 0.25) is 0 Å². The number of thiazole rings is 1. The van der Waals surface area contributed by atoms with Crippen molar-refractivity contribution in [1.29, 1.82) is 5.26 Å². The smallest absolute Gasteiger partial charge is 0.365 e. The minimum Gasteiger partial charge on any atom is -0.476 e. The first-order valence-corrected chi connectivity index (χ1v) is 14.8. The lowest BCUT2D eigenvalue weighted by Crippen LogP contribution is -2.47. The van der Waals surface area contributed by atoms with E-state index in [0.29, 0.717) is 30.2 Å². The van der Waals surface area contributed by atoms with Crippen molar-refractivity contribution in [3.8, 4) is 11.9 Å². The molecule has 10 nitrogen and oxygen atoms in total. The van der Waals surface area contributed by atoms with Crippen LogP contribution in [0.1, 0.15) is 59.1 Å². The Morgan fingerprint density at radius 2 is 2.14 bits per heavy atom. The Kier molecular flexibility index (Phi) is 7.66. The van der Waals surface area contributed by atoms with Crippen molar-refractivity contribution in [3.63, 3.8) is 0 Å². The van der Waals surface area contributed by atoms with Crippen LogP contribution >= 0.6 is 11.3 Å². The zero-order chi connectivity index (χ0) is 29.4.